The molecule has 4 atom stereocenters. The molecule has 16 nitrogen and oxygen atoms in total. The van der Waals surface area contributed by atoms with Crippen LogP contribution in [0.25, 0.3) is 10.9 Å². The summed E-state index contributed by atoms with van der Waals surface area (Å²) in [4.78, 5) is 63.7. The zero-order chi connectivity index (χ0) is 35.1. The fraction of sp³-hybridized carbons (Fsp3) is 0.375. The summed E-state index contributed by atoms with van der Waals surface area (Å²) in [7, 11) is 0. The number of aromatic amines is 1. The van der Waals surface area contributed by atoms with E-state index in [1.807, 2.05) is 24.3 Å². The van der Waals surface area contributed by atoms with E-state index in [0.29, 0.717) is 12.0 Å². The molecular formula is C32H45N11O5. The van der Waals surface area contributed by atoms with Crippen molar-refractivity contribution in [3.8, 4) is 0 Å². The van der Waals surface area contributed by atoms with Crippen LogP contribution in [-0.2, 0) is 32.0 Å². The van der Waals surface area contributed by atoms with Gasteiger partial charge in [0.25, 0.3) is 0 Å². The molecule has 4 unspecified atom stereocenters. The summed E-state index contributed by atoms with van der Waals surface area (Å²) < 4.78 is 0. The lowest BCUT2D eigenvalue weighted by atomic mass is 10.0. The van der Waals surface area contributed by atoms with Crippen LogP contribution in [0.5, 0.6) is 0 Å². The highest BCUT2D eigenvalue weighted by atomic mass is 16.4. The monoisotopic (exact) mass is 663 g/mol. The Morgan fingerprint density at radius 1 is 0.708 bits per heavy atom. The summed E-state index contributed by atoms with van der Waals surface area (Å²) in [6.07, 6.45) is 2.87. The second-order valence-electron chi connectivity index (χ2n) is 11.3. The quantitative estimate of drug-likeness (QED) is 0.0420. The molecule has 1 heterocycles. The van der Waals surface area contributed by atoms with Crippen LogP contribution in [0.3, 0.4) is 0 Å². The van der Waals surface area contributed by atoms with E-state index in [1.165, 1.54) is 0 Å². The van der Waals surface area contributed by atoms with Gasteiger partial charge in [0.15, 0.2) is 11.9 Å². The maximum Gasteiger partial charge on any atom is 0.326 e. The average molecular weight is 664 g/mol. The highest BCUT2D eigenvalue weighted by Crippen LogP contribution is 2.19. The van der Waals surface area contributed by atoms with E-state index in [0.717, 1.165) is 16.5 Å². The number of benzene rings is 2. The molecule has 258 valence electrons. The number of fused-ring (bicyclic) bond motifs is 1. The van der Waals surface area contributed by atoms with Gasteiger partial charge in [0.05, 0.1) is 6.04 Å². The lowest BCUT2D eigenvalue weighted by Gasteiger charge is -2.25. The summed E-state index contributed by atoms with van der Waals surface area (Å²) in [5.41, 5.74) is 30.0. The fourth-order valence-electron chi connectivity index (χ4n) is 5.03. The maximum absolute atomic E-state index is 13.9. The lowest BCUT2D eigenvalue weighted by molar-refractivity contribution is -0.142. The predicted octanol–water partition coefficient (Wildman–Crippen LogP) is -1.07. The molecule has 0 saturated carbocycles. The molecule has 3 aromatic rings. The number of para-hydroxylation sites is 1. The molecule has 15 N–H and O–H groups in total. The van der Waals surface area contributed by atoms with E-state index in [4.69, 9.17) is 28.7 Å². The Kier molecular flexibility index (Phi) is 14.2. The Labute approximate surface area is 278 Å². The highest BCUT2D eigenvalue weighted by Gasteiger charge is 2.31. The molecule has 0 radical (unpaired) electrons. The van der Waals surface area contributed by atoms with Crippen molar-refractivity contribution in [2.45, 2.75) is 62.7 Å². The first-order valence-electron chi connectivity index (χ1n) is 15.5. The number of guanidine groups is 2. The SMILES string of the molecule is NC(N)=NCCCC(N)C(=O)NC(Cc1c[nH]c2ccccc12)C(=O)NC(CCCN=C(N)N)C(=O)NC(Cc1ccccc1)C(=O)O. The Hall–Kier alpha value is -5.64. The van der Waals surface area contributed by atoms with E-state index >= 15 is 0 Å². The van der Waals surface area contributed by atoms with Crippen LogP contribution in [0, 0.1) is 0 Å². The third kappa shape index (κ3) is 11.9. The number of carboxylic acid groups (broad SMARTS) is 1. The number of aliphatic imine (C=N–C) groups is 2. The van der Waals surface area contributed by atoms with Crippen molar-refractivity contribution in [2.75, 3.05) is 13.1 Å². The molecule has 0 spiro atoms. The summed E-state index contributed by atoms with van der Waals surface area (Å²) in [6, 6.07) is 11.7. The minimum atomic E-state index is -1.27. The van der Waals surface area contributed by atoms with Gasteiger partial charge in [0, 0.05) is 43.0 Å². The topological polar surface area (TPSA) is 295 Å². The largest absolute Gasteiger partial charge is 0.480 e. The van der Waals surface area contributed by atoms with E-state index in [9.17, 15) is 24.3 Å². The Morgan fingerprint density at radius 2 is 1.27 bits per heavy atom. The number of hydrogen-bond donors (Lipinski definition) is 10. The molecule has 0 aliphatic carbocycles. The normalized spacial score (nSPS) is 13.4. The van der Waals surface area contributed by atoms with Crippen LogP contribution < -0.4 is 44.6 Å². The summed E-state index contributed by atoms with van der Waals surface area (Å²) in [6.45, 7) is 0.444. The van der Waals surface area contributed by atoms with Gasteiger partial charge in [0.1, 0.15) is 18.1 Å². The van der Waals surface area contributed by atoms with Crippen LogP contribution in [-0.4, -0.2) is 83.0 Å². The number of aromatic nitrogens is 1. The van der Waals surface area contributed by atoms with Crippen molar-refractivity contribution < 1.29 is 24.3 Å². The first-order chi connectivity index (χ1) is 22.9. The molecule has 0 aliphatic heterocycles. The molecule has 0 aliphatic rings. The minimum Gasteiger partial charge on any atom is -0.480 e. The number of carboxylic acids is 1. The predicted molar refractivity (Wildman–Crippen MR) is 183 cm³/mol. The number of carbonyl (C=O) groups excluding carboxylic acids is 3. The van der Waals surface area contributed by atoms with Crippen LogP contribution in [0.1, 0.15) is 36.8 Å². The molecule has 16 heteroatoms. The first-order valence-corrected chi connectivity index (χ1v) is 15.5. The zero-order valence-electron chi connectivity index (χ0n) is 26.6. The standard InChI is InChI=1S/C32H45N11O5/c33-22(11-6-14-38-31(34)35)27(44)42-25(17-20-18-40-23-12-5-4-10-21(20)23)29(46)41-24(13-7-15-39-32(36)37)28(45)43-26(30(47)48)16-19-8-2-1-3-9-19/h1-5,8-10,12,18,22,24-26,40H,6-7,11,13-17,33H2,(H,41,46)(H,42,44)(H,43,45)(H,47,48)(H4,34,35,38)(H4,36,37,39). The second kappa shape index (κ2) is 18.5. The van der Waals surface area contributed by atoms with Crippen LogP contribution in [0.2, 0.25) is 0 Å². The number of amides is 3. The van der Waals surface area contributed by atoms with E-state index in [1.54, 1.807) is 36.5 Å². The van der Waals surface area contributed by atoms with Crippen molar-refractivity contribution in [1.82, 2.24) is 20.9 Å². The fourth-order valence-corrected chi connectivity index (χ4v) is 5.03. The maximum atomic E-state index is 13.9. The lowest BCUT2D eigenvalue weighted by Crippen LogP contribution is -2.57. The van der Waals surface area contributed by atoms with E-state index < -0.39 is 47.9 Å². The van der Waals surface area contributed by atoms with Gasteiger partial charge < -0.3 is 54.7 Å². The average Bonchev–Trinajstić information content (AvgIpc) is 3.46. The molecule has 3 amide bonds. The van der Waals surface area contributed by atoms with E-state index in [-0.39, 0.29) is 57.1 Å². The number of nitrogens with zero attached hydrogens (tertiary/aromatic N) is 2. The minimum absolute atomic E-state index is 0.0247. The molecule has 1 aromatic heterocycles. The zero-order valence-corrected chi connectivity index (χ0v) is 26.6. The second-order valence-corrected chi connectivity index (χ2v) is 11.3. The number of carbonyl (C=O) groups is 4. The van der Waals surface area contributed by atoms with Crippen molar-refractivity contribution in [3.63, 3.8) is 0 Å². The number of H-pyrrole nitrogens is 1. The summed E-state index contributed by atoms with van der Waals surface area (Å²) in [5.74, 6) is -3.42. The smallest absolute Gasteiger partial charge is 0.326 e. The Balaban J connectivity index is 1.82. The highest BCUT2D eigenvalue weighted by molar-refractivity contribution is 5.95. The van der Waals surface area contributed by atoms with Gasteiger partial charge in [-0.3, -0.25) is 24.4 Å². The van der Waals surface area contributed by atoms with Crippen LogP contribution in [0.4, 0.5) is 0 Å². The molecule has 48 heavy (non-hydrogen) atoms. The molecule has 0 saturated heterocycles. The van der Waals surface area contributed by atoms with Gasteiger partial charge >= 0.3 is 5.97 Å². The molecule has 0 bridgehead atoms. The molecule has 0 fully saturated rings. The number of hydrogen-bond acceptors (Lipinski definition) is 7. The first kappa shape index (κ1) is 36.8. The van der Waals surface area contributed by atoms with Crippen LogP contribution in [0.15, 0.2) is 70.8 Å². The van der Waals surface area contributed by atoms with Gasteiger partial charge in [0.2, 0.25) is 17.7 Å². The van der Waals surface area contributed by atoms with Gasteiger partial charge in [-0.25, -0.2) is 4.79 Å². The van der Waals surface area contributed by atoms with Crippen LogP contribution >= 0.6 is 0 Å². The third-order valence-corrected chi connectivity index (χ3v) is 7.51. The Bertz CT molecular complexity index is 1580. The van der Waals surface area contributed by atoms with Gasteiger partial charge in [-0.1, -0.05) is 48.5 Å². The van der Waals surface area contributed by atoms with E-state index in [2.05, 4.69) is 30.9 Å². The number of nitrogens with two attached hydrogens (primary N) is 5. The number of nitrogens with one attached hydrogen (secondary N) is 4. The van der Waals surface area contributed by atoms with Gasteiger partial charge in [-0.05, 0) is 42.9 Å². The molecule has 3 rings (SSSR count). The summed E-state index contributed by atoms with van der Waals surface area (Å²) in [5, 5.41) is 18.7. The molecular weight excluding hydrogens is 618 g/mol. The Morgan fingerprint density at radius 3 is 1.92 bits per heavy atom. The molecule has 2 aromatic carbocycles. The summed E-state index contributed by atoms with van der Waals surface area (Å²) >= 11 is 0. The third-order valence-electron chi connectivity index (χ3n) is 7.51. The van der Waals surface area contributed by atoms with Crippen molar-refractivity contribution in [3.05, 3.63) is 71.9 Å². The van der Waals surface area contributed by atoms with Crippen molar-refractivity contribution in [1.29, 1.82) is 0 Å². The number of aliphatic carboxylic acids is 1. The van der Waals surface area contributed by atoms with Crippen molar-refractivity contribution >= 4 is 46.5 Å². The van der Waals surface area contributed by atoms with Gasteiger partial charge in [-0.2, -0.15) is 0 Å². The van der Waals surface area contributed by atoms with Crippen molar-refractivity contribution in [2.24, 2.45) is 38.7 Å². The number of rotatable bonds is 19. The van der Waals surface area contributed by atoms with Gasteiger partial charge in [-0.15, -0.1) is 0 Å².